The lowest BCUT2D eigenvalue weighted by atomic mass is 10.0. The average molecular weight is 295 g/mol. The normalized spacial score (nSPS) is 19.2. The van der Waals surface area contributed by atoms with Gasteiger partial charge in [0.05, 0.1) is 12.6 Å². The smallest absolute Gasteiger partial charge is 0.234 e. The van der Waals surface area contributed by atoms with E-state index in [1.807, 2.05) is 6.07 Å². The Bertz CT molecular complexity index is 411. The van der Waals surface area contributed by atoms with Gasteiger partial charge in [-0.05, 0) is 30.2 Å². The third kappa shape index (κ3) is 4.30. The quantitative estimate of drug-likeness (QED) is 0.873. The molecule has 4 nitrogen and oxygen atoms in total. The molecule has 5 heteroatoms. The van der Waals surface area contributed by atoms with Crippen molar-refractivity contribution in [3.8, 4) is 0 Å². The molecule has 1 aliphatic heterocycles. The van der Waals surface area contributed by atoms with Gasteiger partial charge in [-0.3, -0.25) is 9.69 Å². The van der Waals surface area contributed by atoms with E-state index in [4.69, 9.17) is 5.73 Å². The Morgan fingerprint density at radius 1 is 1.50 bits per heavy atom. The largest absolute Gasteiger partial charge is 0.347 e. The van der Waals surface area contributed by atoms with E-state index >= 15 is 0 Å². The fourth-order valence-electron chi connectivity index (χ4n) is 2.57. The molecule has 0 aliphatic carbocycles. The molecule has 1 aromatic heterocycles. The van der Waals surface area contributed by atoms with Crippen LogP contribution in [-0.2, 0) is 4.79 Å². The number of nitrogens with two attached hydrogens (primary N) is 1. The molecule has 1 unspecified atom stereocenters. The first-order valence-corrected chi connectivity index (χ1v) is 8.25. The van der Waals surface area contributed by atoms with Crippen LogP contribution in [-0.4, -0.2) is 36.5 Å². The minimum absolute atomic E-state index is 0.118. The van der Waals surface area contributed by atoms with E-state index in [0.29, 0.717) is 18.5 Å². The number of likely N-dealkylation sites (tertiary alicyclic amines) is 1. The molecule has 2 rings (SSSR count). The number of rotatable bonds is 5. The van der Waals surface area contributed by atoms with Gasteiger partial charge in [0.25, 0.3) is 0 Å². The third-order valence-corrected chi connectivity index (χ3v) is 4.79. The van der Waals surface area contributed by atoms with Crippen molar-refractivity contribution < 1.29 is 4.79 Å². The van der Waals surface area contributed by atoms with Crippen LogP contribution in [0, 0.1) is 5.92 Å². The SMILES string of the molecule is CC(C)C(NC(=O)CN1CCC(N)CC1)c1cccs1. The van der Waals surface area contributed by atoms with Gasteiger partial charge in [0.1, 0.15) is 0 Å². The van der Waals surface area contributed by atoms with E-state index < -0.39 is 0 Å². The highest BCUT2D eigenvalue weighted by Gasteiger charge is 2.22. The Balaban J connectivity index is 1.86. The molecule has 0 spiro atoms. The predicted octanol–water partition coefficient (Wildman–Crippen LogP) is 1.98. The summed E-state index contributed by atoms with van der Waals surface area (Å²) in [5.74, 6) is 0.514. The van der Waals surface area contributed by atoms with E-state index in [9.17, 15) is 4.79 Å². The fraction of sp³-hybridized carbons (Fsp3) is 0.667. The Morgan fingerprint density at radius 2 is 2.20 bits per heavy atom. The lowest BCUT2D eigenvalue weighted by molar-refractivity contribution is -0.123. The highest BCUT2D eigenvalue weighted by Crippen LogP contribution is 2.25. The van der Waals surface area contributed by atoms with E-state index in [1.54, 1.807) is 11.3 Å². The van der Waals surface area contributed by atoms with Crippen molar-refractivity contribution >= 4 is 17.2 Å². The molecule has 1 saturated heterocycles. The van der Waals surface area contributed by atoms with Crippen LogP contribution >= 0.6 is 11.3 Å². The molecule has 112 valence electrons. The van der Waals surface area contributed by atoms with Gasteiger partial charge in [-0.25, -0.2) is 0 Å². The van der Waals surface area contributed by atoms with Gasteiger partial charge in [0, 0.05) is 24.0 Å². The molecule has 0 aromatic carbocycles. The van der Waals surface area contributed by atoms with Crippen LogP contribution in [0.2, 0.25) is 0 Å². The van der Waals surface area contributed by atoms with Crippen LogP contribution in [0.5, 0.6) is 0 Å². The zero-order valence-corrected chi connectivity index (χ0v) is 13.2. The van der Waals surface area contributed by atoms with E-state index in [2.05, 4.69) is 35.5 Å². The Labute approximate surface area is 125 Å². The predicted molar refractivity (Wildman–Crippen MR) is 83.7 cm³/mol. The number of amides is 1. The number of carbonyl (C=O) groups excluding carboxylic acids is 1. The highest BCUT2D eigenvalue weighted by atomic mass is 32.1. The Hall–Kier alpha value is -0.910. The van der Waals surface area contributed by atoms with Crippen molar-refractivity contribution in [3.05, 3.63) is 22.4 Å². The summed E-state index contributed by atoms with van der Waals surface area (Å²) in [5, 5.41) is 5.23. The van der Waals surface area contributed by atoms with Gasteiger partial charge < -0.3 is 11.1 Å². The van der Waals surface area contributed by atoms with Crippen LogP contribution in [0.25, 0.3) is 0 Å². The summed E-state index contributed by atoms with van der Waals surface area (Å²) >= 11 is 1.70. The van der Waals surface area contributed by atoms with E-state index in [0.717, 1.165) is 25.9 Å². The minimum Gasteiger partial charge on any atom is -0.347 e. The zero-order chi connectivity index (χ0) is 14.5. The first kappa shape index (κ1) is 15.5. The van der Waals surface area contributed by atoms with E-state index in [-0.39, 0.29) is 11.9 Å². The molecule has 0 radical (unpaired) electrons. The van der Waals surface area contributed by atoms with Crippen LogP contribution < -0.4 is 11.1 Å². The molecule has 1 atom stereocenters. The van der Waals surface area contributed by atoms with Gasteiger partial charge in [0.15, 0.2) is 0 Å². The number of piperidine rings is 1. The highest BCUT2D eigenvalue weighted by molar-refractivity contribution is 7.10. The van der Waals surface area contributed by atoms with Gasteiger partial charge in [-0.2, -0.15) is 0 Å². The fourth-order valence-corrected chi connectivity index (χ4v) is 3.52. The van der Waals surface area contributed by atoms with Crippen LogP contribution in [0.15, 0.2) is 17.5 Å². The zero-order valence-electron chi connectivity index (χ0n) is 12.3. The molecule has 0 saturated carbocycles. The maximum Gasteiger partial charge on any atom is 0.234 e. The standard InChI is InChI=1S/C15H25N3OS/c1-11(2)15(13-4-3-9-20-13)17-14(19)10-18-7-5-12(16)6-8-18/h3-4,9,11-12,15H,5-8,10,16H2,1-2H3,(H,17,19). The summed E-state index contributed by atoms with van der Waals surface area (Å²) in [6.07, 6.45) is 1.98. The summed E-state index contributed by atoms with van der Waals surface area (Å²) in [4.78, 5) is 15.7. The molecule has 1 aromatic rings. The second-order valence-corrected chi connectivity index (χ2v) is 6.90. The average Bonchev–Trinajstić information content (AvgIpc) is 2.92. The van der Waals surface area contributed by atoms with Crippen LogP contribution in [0.1, 0.15) is 37.6 Å². The molecule has 1 aliphatic rings. The lowest BCUT2D eigenvalue weighted by Crippen LogP contribution is -2.45. The maximum absolute atomic E-state index is 12.2. The first-order valence-electron chi connectivity index (χ1n) is 7.37. The van der Waals surface area contributed by atoms with Crippen molar-refractivity contribution in [1.29, 1.82) is 0 Å². The second kappa shape index (κ2) is 7.20. The number of hydrogen-bond acceptors (Lipinski definition) is 4. The number of thiophene rings is 1. The molecular formula is C15H25N3OS. The minimum atomic E-state index is 0.118. The van der Waals surface area contributed by atoms with Crippen LogP contribution in [0.4, 0.5) is 0 Å². The molecule has 0 bridgehead atoms. The molecule has 2 heterocycles. The Morgan fingerprint density at radius 3 is 2.75 bits per heavy atom. The van der Waals surface area contributed by atoms with Crippen LogP contribution in [0.3, 0.4) is 0 Å². The second-order valence-electron chi connectivity index (χ2n) is 5.92. The van der Waals surface area contributed by atoms with Crippen molar-refractivity contribution in [2.45, 2.75) is 38.8 Å². The summed E-state index contributed by atoms with van der Waals surface area (Å²) < 4.78 is 0. The van der Waals surface area contributed by atoms with Crippen molar-refractivity contribution in [2.75, 3.05) is 19.6 Å². The Kier molecular flexibility index (Phi) is 5.57. The molecule has 1 fully saturated rings. The van der Waals surface area contributed by atoms with Crippen molar-refractivity contribution in [1.82, 2.24) is 10.2 Å². The van der Waals surface area contributed by atoms with Gasteiger partial charge >= 0.3 is 0 Å². The molecule has 3 N–H and O–H groups in total. The number of nitrogens with one attached hydrogen (secondary N) is 1. The van der Waals surface area contributed by atoms with Gasteiger partial charge in [-0.1, -0.05) is 19.9 Å². The lowest BCUT2D eigenvalue weighted by Gasteiger charge is -2.30. The number of nitrogens with zero attached hydrogens (tertiary/aromatic N) is 1. The summed E-state index contributed by atoms with van der Waals surface area (Å²) in [5.41, 5.74) is 5.89. The molecule has 1 amide bonds. The van der Waals surface area contributed by atoms with Gasteiger partial charge in [-0.15, -0.1) is 11.3 Å². The molecule has 20 heavy (non-hydrogen) atoms. The number of carbonyl (C=O) groups is 1. The summed E-state index contributed by atoms with van der Waals surface area (Å²) in [6.45, 7) is 6.64. The summed E-state index contributed by atoms with van der Waals surface area (Å²) in [7, 11) is 0. The third-order valence-electron chi connectivity index (χ3n) is 3.83. The first-order chi connectivity index (χ1) is 9.56. The van der Waals surface area contributed by atoms with Crippen molar-refractivity contribution in [3.63, 3.8) is 0 Å². The topological polar surface area (TPSA) is 58.4 Å². The molecular weight excluding hydrogens is 270 g/mol. The number of hydrogen-bond donors (Lipinski definition) is 2. The van der Waals surface area contributed by atoms with Crippen molar-refractivity contribution in [2.24, 2.45) is 11.7 Å². The maximum atomic E-state index is 12.2. The van der Waals surface area contributed by atoms with E-state index in [1.165, 1.54) is 4.88 Å². The summed E-state index contributed by atoms with van der Waals surface area (Å²) in [6, 6.07) is 4.56. The monoisotopic (exact) mass is 295 g/mol. The van der Waals surface area contributed by atoms with Gasteiger partial charge in [0.2, 0.25) is 5.91 Å².